The summed E-state index contributed by atoms with van der Waals surface area (Å²) in [7, 11) is 0. The highest BCUT2D eigenvalue weighted by Gasteiger charge is 2.38. The molecule has 3 fully saturated rings. The van der Waals surface area contributed by atoms with Gasteiger partial charge in [0.1, 0.15) is 6.33 Å². The second kappa shape index (κ2) is 6.57. The number of nitrogens with zero attached hydrogens (tertiary/aromatic N) is 3. The lowest BCUT2D eigenvalue weighted by Gasteiger charge is -2.32. The highest BCUT2D eigenvalue weighted by molar-refractivity contribution is 5.90. The number of aromatic nitrogens is 3. The molecule has 7 heteroatoms. The van der Waals surface area contributed by atoms with Gasteiger partial charge in [0.2, 0.25) is 5.82 Å². The molecule has 126 valence electrons. The zero-order chi connectivity index (χ0) is 15.6. The molecule has 2 saturated heterocycles. The smallest absolute Gasteiger partial charge is 0.291 e. The van der Waals surface area contributed by atoms with Crippen LogP contribution < -0.4 is 10.6 Å². The quantitative estimate of drug-likeness (QED) is 0.865. The van der Waals surface area contributed by atoms with Crippen molar-refractivity contribution in [3.63, 3.8) is 0 Å². The number of ether oxygens (including phenoxy) is 1. The number of fused-ring (bicyclic) bond motifs is 1. The van der Waals surface area contributed by atoms with Crippen molar-refractivity contribution in [1.82, 2.24) is 25.4 Å². The number of hydrogen-bond donors (Lipinski definition) is 2. The van der Waals surface area contributed by atoms with Crippen LogP contribution in [0.5, 0.6) is 0 Å². The number of hydrogen-bond acceptors (Lipinski definition) is 5. The maximum absolute atomic E-state index is 12.5. The standard InChI is InChI=1S/C16H25N5O2/c22-16(19-13-4-1-5-14-12(13)6-8-23-14)15-18-10-21(20-15)11-3-2-7-17-9-11/h10-14,17H,1-9H2,(H,19,22). The Labute approximate surface area is 136 Å². The third-order valence-corrected chi connectivity index (χ3v) is 5.45. The SMILES string of the molecule is O=C(NC1CCCC2OCCC12)c1ncn(C2CCCNC2)n1. The van der Waals surface area contributed by atoms with Gasteiger partial charge in [-0.15, -0.1) is 5.10 Å². The summed E-state index contributed by atoms with van der Waals surface area (Å²) >= 11 is 0. The minimum absolute atomic E-state index is 0.148. The molecule has 0 bridgehead atoms. The predicted octanol–water partition coefficient (Wildman–Crippen LogP) is 0.890. The summed E-state index contributed by atoms with van der Waals surface area (Å²) in [6.45, 7) is 2.78. The molecule has 0 spiro atoms. The Morgan fingerprint density at radius 2 is 2.26 bits per heavy atom. The van der Waals surface area contributed by atoms with E-state index < -0.39 is 0 Å². The average Bonchev–Trinajstić information content (AvgIpc) is 3.25. The Bertz CT molecular complexity index is 554. The van der Waals surface area contributed by atoms with Crippen molar-refractivity contribution in [2.75, 3.05) is 19.7 Å². The van der Waals surface area contributed by atoms with Gasteiger partial charge in [-0.3, -0.25) is 4.79 Å². The fourth-order valence-electron chi connectivity index (χ4n) is 4.20. The number of nitrogens with one attached hydrogen (secondary N) is 2. The molecule has 2 N–H and O–H groups in total. The van der Waals surface area contributed by atoms with Crippen molar-refractivity contribution in [2.24, 2.45) is 5.92 Å². The first-order chi connectivity index (χ1) is 11.3. The second-order valence-electron chi connectivity index (χ2n) is 6.92. The van der Waals surface area contributed by atoms with E-state index in [1.807, 2.05) is 4.68 Å². The minimum atomic E-state index is -0.148. The van der Waals surface area contributed by atoms with Crippen LogP contribution in [0.3, 0.4) is 0 Å². The van der Waals surface area contributed by atoms with Crippen LogP contribution in [-0.2, 0) is 4.74 Å². The van der Waals surface area contributed by atoms with E-state index in [0.717, 1.165) is 58.2 Å². The normalized spacial score (nSPS) is 34.1. The Morgan fingerprint density at radius 1 is 1.30 bits per heavy atom. The molecule has 1 aromatic heterocycles. The summed E-state index contributed by atoms with van der Waals surface area (Å²) in [5, 5.41) is 10.9. The number of carbonyl (C=O) groups is 1. The molecule has 4 unspecified atom stereocenters. The molecular weight excluding hydrogens is 294 g/mol. The van der Waals surface area contributed by atoms with Gasteiger partial charge in [0.15, 0.2) is 0 Å². The molecule has 7 nitrogen and oxygen atoms in total. The summed E-state index contributed by atoms with van der Waals surface area (Å²) in [6, 6.07) is 0.507. The lowest BCUT2D eigenvalue weighted by Crippen LogP contribution is -2.46. The first-order valence-corrected chi connectivity index (χ1v) is 8.85. The van der Waals surface area contributed by atoms with Gasteiger partial charge in [-0.25, -0.2) is 9.67 Å². The lowest BCUT2D eigenvalue weighted by molar-refractivity contribution is 0.0508. The first-order valence-electron chi connectivity index (χ1n) is 8.85. The van der Waals surface area contributed by atoms with Gasteiger partial charge in [0, 0.05) is 25.1 Å². The van der Waals surface area contributed by atoms with Gasteiger partial charge in [-0.1, -0.05) is 0 Å². The van der Waals surface area contributed by atoms with Gasteiger partial charge in [-0.2, -0.15) is 0 Å². The largest absolute Gasteiger partial charge is 0.378 e. The van der Waals surface area contributed by atoms with Crippen LogP contribution in [0.25, 0.3) is 0 Å². The summed E-state index contributed by atoms with van der Waals surface area (Å²) in [4.78, 5) is 16.7. The Balaban J connectivity index is 1.40. The minimum Gasteiger partial charge on any atom is -0.378 e. The zero-order valence-corrected chi connectivity index (χ0v) is 13.4. The second-order valence-corrected chi connectivity index (χ2v) is 6.92. The van der Waals surface area contributed by atoms with Gasteiger partial charge < -0.3 is 15.4 Å². The molecule has 23 heavy (non-hydrogen) atoms. The van der Waals surface area contributed by atoms with Gasteiger partial charge >= 0.3 is 0 Å². The molecule has 0 aromatic carbocycles. The summed E-state index contributed by atoms with van der Waals surface area (Å²) in [5.74, 6) is 0.596. The van der Waals surface area contributed by atoms with Crippen LogP contribution in [0.1, 0.15) is 55.2 Å². The topological polar surface area (TPSA) is 81.1 Å². The summed E-state index contributed by atoms with van der Waals surface area (Å²) in [5.41, 5.74) is 0. The molecule has 2 aliphatic heterocycles. The lowest BCUT2D eigenvalue weighted by atomic mass is 9.82. The van der Waals surface area contributed by atoms with E-state index in [-0.39, 0.29) is 17.8 Å². The summed E-state index contributed by atoms with van der Waals surface area (Å²) in [6.07, 6.45) is 8.55. The van der Waals surface area contributed by atoms with Gasteiger partial charge in [0.05, 0.1) is 12.1 Å². The van der Waals surface area contributed by atoms with Crippen molar-refractivity contribution in [3.05, 3.63) is 12.2 Å². The predicted molar refractivity (Wildman–Crippen MR) is 84.1 cm³/mol. The molecule has 0 radical (unpaired) electrons. The highest BCUT2D eigenvalue weighted by Crippen LogP contribution is 2.34. The van der Waals surface area contributed by atoms with Crippen molar-refractivity contribution >= 4 is 5.91 Å². The van der Waals surface area contributed by atoms with Crippen LogP contribution in [0, 0.1) is 5.92 Å². The molecular formula is C16H25N5O2. The van der Waals surface area contributed by atoms with Crippen molar-refractivity contribution < 1.29 is 9.53 Å². The van der Waals surface area contributed by atoms with E-state index in [4.69, 9.17) is 4.74 Å². The Hall–Kier alpha value is -1.47. The Kier molecular flexibility index (Phi) is 4.31. The fraction of sp³-hybridized carbons (Fsp3) is 0.812. The molecule has 1 amide bonds. The molecule has 4 atom stereocenters. The van der Waals surface area contributed by atoms with Crippen LogP contribution >= 0.6 is 0 Å². The maximum atomic E-state index is 12.5. The monoisotopic (exact) mass is 319 g/mol. The number of amides is 1. The van der Waals surface area contributed by atoms with E-state index in [1.165, 1.54) is 0 Å². The molecule has 1 aromatic rings. The van der Waals surface area contributed by atoms with Crippen molar-refractivity contribution in [1.29, 1.82) is 0 Å². The molecule has 1 aliphatic carbocycles. The van der Waals surface area contributed by atoms with E-state index in [2.05, 4.69) is 20.7 Å². The number of rotatable bonds is 3. The van der Waals surface area contributed by atoms with Crippen LogP contribution in [0.4, 0.5) is 0 Å². The van der Waals surface area contributed by atoms with E-state index in [1.54, 1.807) is 6.33 Å². The van der Waals surface area contributed by atoms with Crippen LogP contribution in [-0.4, -0.2) is 52.5 Å². The first kappa shape index (κ1) is 15.1. The Morgan fingerprint density at radius 3 is 3.13 bits per heavy atom. The van der Waals surface area contributed by atoms with Crippen LogP contribution in [0.2, 0.25) is 0 Å². The summed E-state index contributed by atoms with van der Waals surface area (Å²) < 4.78 is 7.60. The van der Waals surface area contributed by atoms with E-state index in [9.17, 15) is 4.79 Å². The van der Waals surface area contributed by atoms with Gasteiger partial charge in [-0.05, 0) is 45.1 Å². The number of carbonyl (C=O) groups excluding carboxylic acids is 1. The van der Waals surface area contributed by atoms with Crippen molar-refractivity contribution in [2.45, 2.75) is 56.7 Å². The van der Waals surface area contributed by atoms with Crippen molar-refractivity contribution in [3.8, 4) is 0 Å². The van der Waals surface area contributed by atoms with E-state index >= 15 is 0 Å². The maximum Gasteiger partial charge on any atom is 0.291 e. The zero-order valence-electron chi connectivity index (χ0n) is 13.4. The molecule has 4 rings (SSSR count). The third-order valence-electron chi connectivity index (χ3n) is 5.45. The fourth-order valence-corrected chi connectivity index (χ4v) is 4.20. The molecule has 3 heterocycles. The number of piperidine rings is 1. The highest BCUT2D eigenvalue weighted by atomic mass is 16.5. The third kappa shape index (κ3) is 3.12. The van der Waals surface area contributed by atoms with E-state index in [0.29, 0.717) is 18.1 Å². The van der Waals surface area contributed by atoms with Gasteiger partial charge in [0.25, 0.3) is 5.91 Å². The molecule has 1 saturated carbocycles. The average molecular weight is 319 g/mol. The molecule has 3 aliphatic rings. The van der Waals surface area contributed by atoms with Crippen LogP contribution in [0.15, 0.2) is 6.33 Å².